The van der Waals surface area contributed by atoms with Crippen LogP contribution in [-0.2, 0) is 16.2 Å². The van der Waals surface area contributed by atoms with Gasteiger partial charge < -0.3 is 4.74 Å². The van der Waals surface area contributed by atoms with Gasteiger partial charge in [-0.1, -0.05) is 0 Å². The molecular weight excluding hydrogens is 355 g/mol. The lowest BCUT2D eigenvalue weighted by molar-refractivity contribution is -0.137. The van der Waals surface area contributed by atoms with E-state index >= 15 is 0 Å². The first-order valence-electron chi connectivity index (χ1n) is 7.46. The van der Waals surface area contributed by atoms with Crippen LogP contribution in [0, 0.1) is 6.92 Å². The topological polar surface area (TPSA) is 46.6 Å². The van der Waals surface area contributed by atoms with Crippen molar-refractivity contribution in [3.8, 4) is 5.75 Å². The lowest BCUT2D eigenvalue weighted by atomic mass is 10.2. The molecule has 0 radical (unpaired) electrons. The molecule has 0 N–H and O–H groups in total. The maximum atomic E-state index is 12.9. The molecule has 0 aliphatic rings. The van der Waals surface area contributed by atoms with Crippen LogP contribution < -0.4 is 9.04 Å². The van der Waals surface area contributed by atoms with E-state index in [1.165, 1.54) is 19.2 Å². The Kier molecular flexibility index (Phi) is 5.31. The Morgan fingerprint density at radius 2 is 1.68 bits per heavy atom. The van der Waals surface area contributed by atoms with E-state index in [1.54, 1.807) is 19.9 Å². The molecule has 0 aliphatic carbocycles. The Hall–Kier alpha value is -2.22. The van der Waals surface area contributed by atoms with Gasteiger partial charge in [0.2, 0.25) is 0 Å². The molecule has 0 fully saturated rings. The summed E-state index contributed by atoms with van der Waals surface area (Å²) < 4.78 is 69.9. The summed E-state index contributed by atoms with van der Waals surface area (Å²) in [6.07, 6.45) is -4.47. The molecule has 0 aromatic heterocycles. The third-order valence-corrected chi connectivity index (χ3v) is 5.62. The highest BCUT2D eigenvalue weighted by Crippen LogP contribution is 2.32. The molecule has 0 aliphatic heterocycles. The number of benzene rings is 2. The van der Waals surface area contributed by atoms with Crippen molar-refractivity contribution in [1.29, 1.82) is 0 Å². The van der Waals surface area contributed by atoms with Gasteiger partial charge in [-0.25, -0.2) is 8.42 Å². The van der Waals surface area contributed by atoms with Crippen molar-refractivity contribution in [2.75, 3.05) is 18.0 Å². The van der Waals surface area contributed by atoms with Gasteiger partial charge in [0.25, 0.3) is 10.0 Å². The van der Waals surface area contributed by atoms with Crippen LogP contribution in [0.15, 0.2) is 47.4 Å². The number of hydrogen-bond acceptors (Lipinski definition) is 3. The van der Waals surface area contributed by atoms with E-state index in [4.69, 9.17) is 4.74 Å². The first-order valence-corrected chi connectivity index (χ1v) is 8.90. The van der Waals surface area contributed by atoms with Crippen LogP contribution >= 0.6 is 0 Å². The van der Waals surface area contributed by atoms with Crippen LogP contribution in [0.3, 0.4) is 0 Å². The highest BCUT2D eigenvalue weighted by Gasteiger charge is 2.31. The first-order chi connectivity index (χ1) is 11.6. The van der Waals surface area contributed by atoms with Crippen LogP contribution in [0.2, 0.25) is 0 Å². The molecule has 2 rings (SSSR count). The number of nitrogens with zero attached hydrogens (tertiary/aromatic N) is 1. The van der Waals surface area contributed by atoms with E-state index in [-0.39, 0.29) is 17.1 Å². The number of anilines is 1. The van der Waals surface area contributed by atoms with E-state index in [9.17, 15) is 21.6 Å². The second-order valence-electron chi connectivity index (χ2n) is 5.35. The molecule has 2 aromatic rings. The zero-order chi connectivity index (χ0) is 18.8. The molecule has 136 valence electrons. The predicted octanol–water partition coefficient (Wildman–Crippen LogP) is 4.24. The van der Waals surface area contributed by atoms with E-state index in [0.29, 0.717) is 11.3 Å². The minimum Gasteiger partial charge on any atom is -0.496 e. The second kappa shape index (κ2) is 6.95. The lowest BCUT2D eigenvalue weighted by Gasteiger charge is -2.23. The summed E-state index contributed by atoms with van der Waals surface area (Å²) >= 11 is 0. The number of ether oxygens (including phenoxy) is 1. The average Bonchev–Trinajstić information content (AvgIpc) is 2.55. The molecule has 0 saturated carbocycles. The van der Waals surface area contributed by atoms with Crippen molar-refractivity contribution >= 4 is 15.7 Å². The molecule has 8 heteroatoms. The fourth-order valence-electron chi connectivity index (χ4n) is 2.45. The largest absolute Gasteiger partial charge is 0.496 e. The van der Waals surface area contributed by atoms with Gasteiger partial charge in [0, 0.05) is 6.54 Å². The van der Waals surface area contributed by atoms with Gasteiger partial charge in [0.1, 0.15) is 5.75 Å². The summed E-state index contributed by atoms with van der Waals surface area (Å²) in [5.41, 5.74) is -0.0130. The third-order valence-electron chi connectivity index (χ3n) is 3.72. The second-order valence-corrected chi connectivity index (χ2v) is 7.21. The highest BCUT2D eigenvalue weighted by atomic mass is 32.2. The molecule has 0 heterocycles. The lowest BCUT2D eigenvalue weighted by Crippen LogP contribution is -2.30. The predicted molar refractivity (Wildman–Crippen MR) is 89.4 cm³/mol. The molecule has 0 unspecified atom stereocenters. The summed E-state index contributed by atoms with van der Waals surface area (Å²) in [4.78, 5) is 0.0487. The summed E-state index contributed by atoms with van der Waals surface area (Å²) in [5.74, 6) is 0.552. The minimum absolute atomic E-state index is 0.0487. The van der Waals surface area contributed by atoms with Gasteiger partial charge in [0.05, 0.1) is 23.3 Å². The van der Waals surface area contributed by atoms with Crippen molar-refractivity contribution in [2.45, 2.75) is 24.9 Å². The number of hydrogen-bond donors (Lipinski definition) is 0. The van der Waals surface area contributed by atoms with Crippen molar-refractivity contribution < 1.29 is 26.3 Å². The Balaban J connectivity index is 2.43. The summed E-state index contributed by atoms with van der Waals surface area (Å²) in [5, 5.41) is 0. The van der Waals surface area contributed by atoms with Crippen molar-refractivity contribution in [1.82, 2.24) is 0 Å². The Labute approximate surface area is 144 Å². The molecule has 0 saturated heterocycles. The zero-order valence-electron chi connectivity index (χ0n) is 14.0. The quantitative estimate of drug-likeness (QED) is 0.788. The summed E-state index contributed by atoms with van der Waals surface area (Å²) in [6, 6.07) is 8.47. The standard InChI is InChI=1S/C17H18F3NO3S/c1-4-21(14-7-5-13(6-8-14)17(18,19)20)25(22,23)15-9-10-16(24-3)12(2)11-15/h5-11H,4H2,1-3H3. The highest BCUT2D eigenvalue weighted by molar-refractivity contribution is 7.92. The number of aryl methyl sites for hydroxylation is 1. The van der Waals surface area contributed by atoms with Gasteiger partial charge >= 0.3 is 6.18 Å². The smallest absolute Gasteiger partial charge is 0.416 e. The average molecular weight is 373 g/mol. The van der Waals surface area contributed by atoms with Crippen LogP contribution in [0.1, 0.15) is 18.1 Å². The van der Waals surface area contributed by atoms with Crippen LogP contribution in [0.5, 0.6) is 5.75 Å². The molecular formula is C17H18F3NO3S. The molecule has 2 aromatic carbocycles. The molecule has 0 bridgehead atoms. The van der Waals surface area contributed by atoms with E-state index < -0.39 is 21.8 Å². The van der Waals surface area contributed by atoms with Crippen LogP contribution in [-0.4, -0.2) is 22.1 Å². The maximum absolute atomic E-state index is 12.9. The Bertz CT molecular complexity index is 846. The molecule has 0 amide bonds. The maximum Gasteiger partial charge on any atom is 0.416 e. The molecule has 0 spiro atoms. The van der Waals surface area contributed by atoms with Crippen LogP contribution in [0.4, 0.5) is 18.9 Å². The van der Waals surface area contributed by atoms with Crippen molar-refractivity contribution in [3.63, 3.8) is 0 Å². The van der Waals surface area contributed by atoms with Gasteiger partial charge in [0.15, 0.2) is 0 Å². The van der Waals surface area contributed by atoms with Crippen molar-refractivity contribution in [3.05, 3.63) is 53.6 Å². The molecule has 0 atom stereocenters. The Morgan fingerprint density at radius 3 is 2.12 bits per heavy atom. The number of methoxy groups -OCH3 is 1. The van der Waals surface area contributed by atoms with Crippen LogP contribution in [0.25, 0.3) is 0 Å². The van der Waals surface area contributed by atoms with Gasteiger partial charge in [-0.05, 0) is 61.9 Å². The summed E-state index contributed by atoms with van der Waals surface area (Å²) in [6.45, 7) is 3.41. The number of halogens is 3. The third kappa shape index (κ3) is 3.89. The SMILES string of the molecule is CCN(c1ccc(C(F)(F)F)cc1)S(=O)(=O)c1ccc(OC)c(C)c1. The number of alkyl halides is 3. The normalized spacial score (nSPS) is 12.1. The van der Waals surface area contributed by atoms with Gasteiger partial charge in [-0.2, -0.15) is 13.2 Å². The van der Waals surface area contributed by atoms with Gasteiger partial charge in [-0.15, -0.1) is 0 Å². The minimum atomic E-state index is -4.47. The fourth-order valence-corrected chi connectivity index (χ4v) is 4.01. The van der Waals surface area contributed by atoms with E-state index in [2.05, 4.69) is 0 Å². The molecule has 4 nitrogen and oxygen atoms in total. The summed E-state index contributed by atoms with van der Waals surface area (Å²) in [7, 11) is -2.42. The van der Waals surface area contributed by atoms with E-state index in [0.717, 1.165) is 28.6 Å². The van der Waals surface area contributed by atoms with E-state index in [1.807, 2.05) is 0 Å². The van der Waals surface area contributed by atoms with Crippen molar-refractivity contribution in [2.24, 2.45) is 0 Å². The van der Waals surface area contributed by atoms with Gasteiger partial charge in [-0.3, -0.25) is 4.31 Å². The fraction of sp³-hybridized carbons (Fsp3) is 0.294. The Morgan fingerprint density at radius 1 is 1.08 bits per heavy atom. The first kappa shape index (κ1) is 19.1. The molecule has 25 heavy (non-hydrogen) atoms. The number of rotatable bonds is 5. The zero-order valence-corrected chi connectivity index (χ0v) is 14.8. The number of sulfonamides is 1. The monoisotopic (exact) mass is 373 g/mol.